The molecule has 0 spiro atoms. The van der Waals surface area contributed by atoms with E-state index in [0.717, 1.165) is 11.1 Å². The summed E-state index contributed by atoms with van der Waals surface area (Å²) in [6.45, 7) is 4.98. The van der Waals surface area contributed by atoms with Gasteiger partial charge < -0.3 is 5.11 Å². The lowest BCUT2D eigenvalue weighted by Crippen LogP contribution is -2.61. The molecule has 2 atom stereocenters. The van der Waals surface area contributed by atoms with Crippen LogP contribution in [-0.4, -0.2) is 27.0 Å². The van der Waals surface area contributed by atoms with Crippen LogP contribution in [-0.2, 0) is 10.3 Å². The number of nitrogens with zero attached hydrogens (tertiary/aromatic N) is 2. The Balaban J connectivity index is 2.15. The summed E-state index contributed by atoms with van der Waals surface area (Å²) in [6, 6.07) is 9.31. The summed E-state index contributed by atoms with van der Waals surface area (Å²) in [5, 5.41) is 11.8. The lowest BCUT2D eigenvalue weighted by atomic mass is 9.61. The molecule has 0 saturated carbocycles. The molecule has 1 N–H and O–H groups in total. The van der Waals surface area contributed by atoms with Crippen molar-refractivity contribution < 1.29 is 23.0 Å². The fourth-order valence-corrected chi connectivity index (χ4v) is 3.89. The first-order valence-electron chi connectivity index (χ1n) is 9.18. The number of benzene rings is 1. The van der Waals surface area contributed by atoms with Gasteiger partial charge in [-0.15, -0.1) is 13.2 Å². The van der Waals surface area contributed by atoms with E-state index in [-0.39, 0.29) is 12.0 Å². The molecule has 0 radical (unpaired) electrons. The van der Waals surface area contributed by atoms with Gasteiger partial charge in [0.2, 0.25) is 0 Å². The van der Waals surface area contributed by atoms with Crippen molar-refractivity contribution in [3.63, 3.8) is 0 Å². The van der Waals surface area contributed by atoms with Crippen molar-refractivity contribution in [2.45, 2.75) is 44.8 Å². The molecule has 154 valence electrons. The number of hydrogen-bond donors (Lipinski definition) is 1. The maximum absolute atomic E-state index is 13.5. The van der Waals surface area contributed by atoms with Crippen molar-refractivity contribution in [1.82, 2.24) is 9.97 Å². The topological polar surface area (TPSA) is 55.2 Å². The molecule has 0 fully saturated rings. The van der Waals surface area contributed by atoms with Gasteiger partial charge in [-0.2, -0.15) is 0 Å². The highest BCUT2D eigenvalue weighted by molar-refractivity contribution is 5.75. The van der Waals surface area contributed by atoms with E-state index < -0.39 is 23.0 Å². The van der Waals surface area contributed by atoms with Crippen LogP contribution >= 0.6 is 0 Å². The van der Waals surface area contributed by atoms with Gasteiger partial charge in [-0.1, -0.05) is 63.3 Å². The normalized spacial score (nSPS) is 22.1. The molecule has 0 bridgehead atoms. The molecule has 4 nitrogen and oxygen atoms in total. The molecule has 1 aromatic heterocycles. The highest BCUT2D eigenvalue weighted by Gasteiger charge is 2.61. The monoisotopic (exact) mass is 404 g/mol. The predicted octanol–water partition coefficient (Wildman–Crippen LogP) is 5.03. The summed E-state index contributed by atoms with van der Waals surface area (Å²) < 4.78 is 45.2. The molecule has 7 heteroatoms. The third kappa shape index (κ3) is 3.97. The molecule has 2 unspecified atom stereocenters. The first-order chi connectivity index (χ1) is 13.5. The number of aromatic nitrogens is 2. The Labute approximate surface area is 167 Å². The standard InChI is InChI=1S/C22H23F3N2O2/c1-19(2,3)21(28,18-13-26-15-27-14-18)20(29-22(23,24)25)11-9-17(10-12-20)16-7-5-4-6-8-16/h4-11,13-15,28H,12H2,1-3H3. The van der Waals surface area contributed by atoms with Gasteiger partial charge in [0.25, 0.3) is 0 Å². The minimum atomic E-state index is -4.96. The predicted molar refractivity (Wildman–Crippen MR) is 103 cm³/mol. The maximum atomic E-state index is 13.5. The Kier molecular flexibility index (Phi) is 5.40. The molecule has 3 rings (SSSR count). The largest absolute Gasteiger partial charge is 0.523 e. The first-order valence-corrected chi connectivity index (χ1v) is 9.18. The summed E-state index contributed by atoms with van der Waals surface area (Å²) in [5.74, 6) is 0. The van der Waals surface area contributed by atoms with Gasteiger partial charge in [0.1, 0.15) is 17.5 Å². The lowest BCUT2D eigenvalue weighted by molar-refractivity contribution is -0.390. The van der Waals surface area contributed by atoms with Crippen molar-refractivity contribution in [3.05, 3.63) is 78.4 Å². The van der Waals surface area contributed by atoms with Gasteiger partial charge in [0.05, 0.1) is 0 Å². The second-order valence-electron chi connectivity index (χ2n) is 8.09. The lowest BCUT2D eigenvalue weighted by Gasteiger charge is -2.52. The van der Waals surface area contributed by atoms with Gasteiger partial charge >= 0.3 is 6.36 Å². The van der Waals surface area contributed by atoms with E-state index in [4.69, 9.17) is 0 Å². The number of hydrogen-bond acceptors (Lipinski definition) is 4. The van der Waals surface area contributed by atoms with Gasteiger partial charge in [-0.25, -0.2) is 9.97 Å². The Bertz CT molecular complexity index is 905. The molecule has 2 aromatic rings. The fourth-order valence-electron chi connectivity index (χ4n) is 3.89. The number of halogens is 3. The average Bonchev–Trinajstić information content (AvgIpc) is 2.67. The quantitative estimate of drug-likeness (QED) is 0.777. The molecule has 0 saturated heterocycles. The van der Waals surface area contributed by atoms with Crippen LogP contribution in [0.1, 0.15) is 38.3 Å². The highest BCUT2D eigenvalue weighted by Crippen LogP contribution is 2.54. The van der Waals surface area contributed by atoms with Crippen LogP contribution in [0.15, 0.2) is 67.3 Å². The van der Waals surface area contributed by atoms with Gasteiger partial charge in [-0.05, 0) is 22.6 Å². The number of rotatable bonds is 4. The third-order valence-corrected chi connectivity index (χ3v) is 5.24. The van der Waals surface area contributed by atoms with Crippen LogP contribution in [0.25, 0.3) is 5.57 Å². The van der Waals surface area contributed by atoms with Crippen LogP contribution < -0.4 is 0 Å². The molecular formula is C22H23F3N2O2. The van der Waals surface area contributed by atoms with E-state index in [2.05, 4.69) is 14.7 Å². The molecule has 1 aromatic carbocycles. The summed E-state index contributed by atoms with van der Waals surface area (Å²) in [6.07, 6.45) is 3.28. The minimum absolute atomic E-state index is 0.151. The zero-order valence-electron chi connectivity index (χ0n) is 16.4. The number of ether oxygens (including phenoxy) is 1. The summed E-state index contributed by atoms with van der Waals surface area (Å²) >= 11 is 0. The molecule has 0 aliphatic heterocycles. The van der Waals surface area contributed by atoms with Crippen LogP contribution in [0.4, 0.5) is 13.2 Å². The van der Waals surface area contributed by atoms with Crippen LogP contribution in [0.2, 0.25) is 0 Å². The van der Waals surface area contributed by atoms with Gasteiger partial charge in [0, 0.05) is 24.4 Å². The third-order valence-electron chi connectivity index (χ3n) is 5.24. The molecule has 29 heavy (non-hydrogen) atoms. The van der Waals surface area contributed by atoms with Crippen molar-refractivity contribution in [1.29, 1.82) is 0 Å². The van der Waals surface area contributed by atoms with Crippen molar-refractivity contribution in [2.24, 2.45) is 5.41 Å². The van der Waals surface area contributed by atoms with Crippen molar-refractivity contribution in [2.75, 3.05) is 0 Å². The van der Waals surface area contributed by atoms with E-state index in [9.17, 15) is 18.3 Å². The van der Waals surface area contributed by atoms with Crippen molar-refractivity contribution >= 4 is 5.57 Å². The zero-order chi connectivity index (χ0) is 21.3. The second kappa shape index (κ2) is 7.39. The molecule has 1 aliphatic rings. The smallest absolute Gasteiger partial charge is 0.381 e. The Hall–Kier alpha value is -2.51. The Morgan fingerprint density at radius 3 is 2.14 bits per heavy atom. The van der Waals surface area contributed by atoms with Crippen LogP contribution in [0, 0.1) is 5.41 Å². The van der Waals surface area contributed by atoms with Gasteiger partial charge in [0.15, 0.2) is 0 Å². The highest BCUT2D eigenvalue weighted by atomic mass is 19.4. The van der Waals surface area contributed by atoms with Crippen LogP contribution in [0.5, 0.6) is 0 Å². The molecule has 0 amide bonds. The minimum Gasteiger partial charge on any atom is -0.381 e. The Morgan fingerprint density at radius 2 is 1.66 bits per heavy atom. The number of alkyl halides is 3. The maximum Gasteiger partial charge on any atom is 0.523 e. The zero-order valence-corrected chi connectivity index (χ0v) is 16.4. The average molecular weight is 404 g/mol. The second-order valence-corrected chi connectivity index (χ2v) is 8.09. The SMILES string of the molecule is CC(C)(C)C(O)(c1cncnc1)C1(OC(F)(F)F)C=CC(c2ccccc2)=CC1. The summed E-state index contributed by atoms with van der Waals surface area (Å²) in [4.78, 5) is 7.80. The van der Waals surface area contributed by atoms with E-state index in [1.54, 1.807) is 32.9 Å². The molecular weight excluding hydrogens is 381 g/mol. The molecule has 1 heterocycles. The fraction of sp³-hybridized carbons (Fsp3) is 0.364. The van der Waals surface area contributed by atoms with Gasteiger partial charge in [-0.3, -0.25) is 4.74 Å². The van der Waals surface area contributed by atoms with E-state index in [1.807, 2.05) is 30.3 Å². The molecule has 1 aliphatic carbocycles. The number of aliphatic hydroxyl groups is 1. The number of allylic oxidation sites excluding steroid dienone is 2. The van der Waals surface area contributed by atoms with E-state index in [1.165, 1.54) is 24.8 Å². The first kappa shape index (κ1) is 21.2. The Morgan fingerprint density at radius 1 is 1.03 bits per heavy atom. The van der Waals surface area contributed by atoms with Crippen molar-refractivity contribution in [3.8, 4) is 0 Å². The van der Waals surface area contributed by atoms with E-state index in [0.29, 0.717) is 0 Å². The van der Waals surface area contributed by atoms with Crippen LogP contribution in [0.3, 0.4) is 0 Å². The summed E-state index contributed by atoms with van der Waals surface area (Å²) in [5.41, 5.74) is -3.42. The van der Waals surface area contributed by atoms with E-state index >= 15 is 0 Å². The summed E-state index contributed by atoms with van der Waals surface area (Å²) in [7, 11) is 0.